The van der Waals surface area contributed by atoms with Crippen molar-refractivity contribution < 1.29 is 9.53 Å². The second-order valence-electron chi connectivity index (χ2n) is 3.38. The van der Waals surface area contributed by atoms with Crippen molar-refractivity contribution in [1.82, 2.24) is 5.32 Å². The first-order valence-electron chi connectivity index (χ1n) is 4.45. The molecule has 15 heavy (non-hydrogen) atoms. The molecule has 1 heterocycles. The first-order chi connectivity index (χ1) is 7.16. The summed E-state index contributed by atoms with van der Waals surface area (Å²) in [7, 11) is 0. The molecule has 0 bridgehead atoms. The van der Waals surface area contributed by atoms with Gasteiger partial charge in [0.25, 0.3) is 0 Å². The number of nitrogens with one attached hydrogen (secondary N) is 1. The van der Waals surface area contributed by atoms with E-state index in [2.05, 4.69) is 5.32 Å². The van der Waals surface area contributed by atoms with Gasteiger partial charge in [-0.2, -0.15) is 0 Å². The Labute approximate surface area is 97.3 Å². The Morgan fingerprint density at radius 3 is 2.53 bits per heavy atom. The maximum absolute atomic E-state index is 11.0. The standard InChI is InChI=1S/C10H9Cl2NO2/c11-5-10(6-13-9(14)15-10)7-1-3-8(12)4-2-7/h1-4H,5-6H2,(H,13,14)/t10-/m1/s1. The normalized spacial score (nSPS) is 24.8. The van der Waals surface area contributed by atoms with Gasteiger partial charge >= 0.3 is 6.09 Å². The number of hydrogen-bond acceptors (Lipinski definition) is 2. The molecule has 1 fully saturated rings. The van der Waals surface area contributed by atoms with Crippen LogP contribution >= 0.6 is 23.2 Å². The van der Waals surface area contributed by atoms with Gasteiger partial charge < -0.3 is 10.1 Å². The third-order valence-electron chi connectivity index (χ3n) is 2.39. The van der Waals surface area contributed by atoms with Crippen molar-refractivity contribution >= 4 is 29.3 Å². The highest BCUT2D eigenvalue weighted by atomic mass is 35.5. The molecule has 0 unspecified atom stereocenters. The van der Waals surface area contributed by atoms with Gasteiger partial charge in [-0.1, -0.05) is 23.7 Å². The average molecular weight is 246 g/mol. The van der Waals surface area contributed by atoms with Gasteiger partial charge in [0.05, 0.1) is 12.4 Å². The molecular formula is C10H9Cl2NO2. The quantitative estimate of drug-likeness (QED) is 0.814. The van der Waals surface area contributed by atoms with Crippen molar-refractivity contribution in [3.8, 4) is 0 Å². The van der Waals surface area contributed by atoms with Crippen molar-refractivity contribution in [3.63, 3.8) is 0 Å². The summed E-state index contributed by atoms with van der Waals surface area (Å²) in [5.74, 6) is 0.216. The van der Waals surface area contributed by atoms with Crippen molar-refractivity contribution in [1.29, 1.82) is 0 Å². The van der Waals surface area contributed by atoms with Gasteiger partial charge in [-0.25, -0.2) is 4.79 Å². The number of halogens is 2. The molecule has 1 aromatic carbocycles. The van der Waals surface area contributed by atoms with Crippen LogP contribution in [0.3, 0.4) is 0 Å². The molecule has 0 aromatic heterocycles. The Morgan fingerprint density at radius 2 is 2.07 bits per heavy atom. The lowest BCUT2D eigenvalue weighted by molar-refractivity contribution is 0.0732. The summed E-state index contributed by atoms with van der Waals surface area (Å²) in [4.78, 5) is 11.0. The summed E-state index contributed by atoms with van der Waals surface area (Å²) in [5, 5.41) is 3.24. The highest BCUT2D eigenvalue weighted by Crippen LogP contribution is 2.31. The van der Waals surface area contributed by atoms with Crippen molar-refractivity contribution in [2.24, 2.45) is 0 Å². The molecule has 3 nitrogen and oxygen atoms in total. The molecule has 0 saturated carbocycles. The first-order valence-corrected chi connectivity index (χ1v) is 5.36. The monoisotopic (exact) mass is 245 g/mol. The number of carbonyl (C=O) groups is 1. The topological polar surface area (TPSA) is 38.3 Å². The van der Waals surface area contributed by atoms with Gasteiger partial charge in [-0.15, -0.1) is 11.6 Å². The highest BCUT2D eigenvalue weighted by Gasteiger charge is 2.41. The molecule has 1 aliphatic heterocycles. The number of amides is 1. The molecule has 1 aromatic rings. The fraction of sp³-hybridized carbons (Fsp3) is 0.300. The number of alkyl halides is 1. The van der Waals surface area contributed by atoms with Crippen molar-refractivity contribution in [2.75, 3.05) is 12.4 Å². The van der Waals surface area contributed by atoms with Gasteiger partial charge in [-0.3, -0.25) is 0 Å². The Kier molecular flexibility index (Phi) is 2.76. The minimum absolute atomic E-state index is 0.216. The third-order valence-corrected chi connectivity index (χ3v) is 3.08. The zero-order chi connectivity index (χ0) is 10.9. The Morgan fingerprint density at radius 1 is 1.40 bits per heavy atom. The van der Waals surface area contributed by atoms with Gasteiger partial charge in [0.1, 0.15) is 0 Å². The maximum atomic E-state index is 11.0. The van der Waals surface area contributed by atoms with E-state index >= 15 is 0 Å². The van der Waals surface area contributed by atoms with Gasteiger partial charge in [-0.05, 0) is 17.7 Å². The molecule has 2 rings (SSSR count). The van der Waals surface area contributed by atoms with E-state index in [9.17, 15) is 4.79 Å². The number of cyclic esters (lactones) is 1. The summed E-state index contributed by atoms with van der Waals surface area (Å²) in [6.45, 7) is 0.386. The largest absolute Gasteiger partial charge is 0.435 e. The molecule has 0 spiro atoms. The zero-order valence-electron chi connectivity index (χ0n) is 7.80. The summed E-state index contributed by atoms with van der Waals surface area (Å²) >= 11 is 11.6. The van der Waals surface area contributed by atoms with Crippen LogP contribution in [0, 0.1) is 0 Å². The molecule has 5 heteroatoms. The zero-order valence-corrected chi connectivity index (χ0v) is 9.31. The first kappa shape index (κ1) is 10.6. The van der Waals surface area contributed by atoms with Crippen LogP contribution in [0.5, 0.6) is 0 Å². The number of benzene rings is 1. The molecule has 0 aliphatic carbocycles. The highest BCUT2D eigenvalue weighted by molar-refractivity contribution is 6.30. The van der Waals surface area contributed by atoms with Crippen LogP contribution in [-0.4, -0.2) is 18.5 Å². The Balaban J connectivity index is 2.34. The fourth-order valence-electron chi connectivity index (χ4n) is 1.53. The predicted molar refractivity (Wildman–Crippen MR) is 58.3 cm³/mol. The van der Waals surface area contributed by atoms with Gasteiger partial charge in [0.15, 0.2) is 5.60 Å². The van der Waals surface area contributed by atoms with E-state index in [4.69, 9.17) is 27.9 Å². The van der Waals surface area contributed by atoms with E-state index in [-0.39, 0.29) is 5.88 Å². The van der Waals surface area contributed by atoms with Crippen LogP contribution in [0.25, 0.3) is 0 Å². The molecule has 1 amide bonds. The van der Waals surface area contributed by atoms with Crippen LogP contribution in [-0.2, 0) is 10.3 Å². The molecule has 1 atom stereocenters. The molecule has 1 saturated heterocycles. The van der Waals surface area contributed by atoms with Crippen LogP contribution in [0.4, 0.5) is 4.79 Å². The number of rotatable bonds is 2. The fourth-order valence-corrected chi connectivity index (χ4v) is 1.96. The second-order valence-corrected chi connectivity index (χ2v) is 4.08. The van der Waals surface area contributed by atoms with Crippen molar-refractivity contribution in [2.45, 2.75) is 5.60 Å². The third kappa shape index (κ3) is 1.90. The van der Waals surface area contributed by atoms with Crippen LogP contribution < -0.4 is 5.32 Å². The summed E-state index contributed by atoms with van der Waals surface area (Å²) in [6, 6.07) is 7.12. The molecule has 1 N–H and O–H groups in total. The smallest absolute Gasteiger partial charge is 0.408 e. The van der Waals surface area contributed by atoms with Gasteiger partial charge in [0.2, 0.25) is 0 Å². The molecular weight excluding hydrogens is 237 g/mol. The Bertz CT molecular complexity index is 380. The summed E-state index contributed by atoms with van der Waals surface area (Å²) in [5.41, 5.74) is 0.0868. The summed E-state index contributed by atoms with van der Waals surface area (Å²) in [6.07, 6.45) is -0.439. The lowest BCUT2D eigenvalue weighted by Crippen LogP contribution is -2.32. The average Bonchev–Trinajstić information content (AvgIpc) is 2.62. The maximum Gasteiger partial charge on any atom is 0.408 e. The van der Waals surface area contributed by atoms with Crippen molar-refractivity contribution in [3.05, 3.63) is 34.9 Å². The Hall–Kier alpha value is -0.930. The van der Waals surface area contributed by atoms with E-state index in [0.29, 0.717) is 11.6 Å². The lowest BCUT2D eigenvalue weighted by atomic mass is 9.96. The number of alkyl carbamates (subject to hydrolysis) is 1. The minimum Gasteiger partial charge on any atom is -0.435 e. The molecule has 80 valence electrons. The van der Waals surface area contributed by atoms with Crippen LogP contribution in [0.2, 0.25) is 5.02 Å². The van der Waals surface area contributed by atoms with E-state index in [1.807, 2.05) is 12.1 Å². The summed E-state index contributed by atoms with van der Waals surface area (Å²) < 4.78 is 5.20. The van der Waals surface area contributed by atoms with E-state index in [1.165, 1.54) is 0 Å². The SMILES string of the molecule is O=C1NC[C@](CCl)(c2ccc(Cl)cc2)O1. The van der Waals surface area contributed by atoms with E-state index in [0.717, 1.165) is 5.56 Å². The van der Waals surface area contributed by atoms with E-state index < -0.39 is 11.7 Å². The minimum atomic E-state index is -0.761. The van der Waals surface area contributed by atoms with Crippen LogP contribution in [0.15, 0.2) is 24.3 Å². The molecule has 0 radical (unpaired) electrons. The van der Waals surface area contributed by atoms with E-state index in [1.54, 1.807) is 12.1 Å². The van der Waals surface area contributed by atoms with Crippen LogP contribution in [0.1, 0.15) is 5.56 Å². The number of ether oxygens (including phenoxy) is 1. The second kappa shape index (κ2) is 3.91. The lowest BCUT2D eigenvalue weighted by Gasteiger charge is -2.23. The van der Waals surface area contributed by atoms with Gasteiger partial charge in [0, 0.05) is 5.02 Å². The molecule has 1 aliphatic rings. The number of carbonyl (C=O) groups excluding carboxylic acids is 1. The number of hydrogen-bond donors (Lipinski definition) is 1. The predicted octanol–water partition coefficient (Wildman–Crippen LogP) is 2.51.